The number of furan rings is 1. The number of nitrogens with zero attached hydrogens (tertiary/aromatic N) is 3. The highest BCUT2D eigenvalue weighted by molar-refractivity contribution is 5.95. The van der Waals surface area contributed by atoms with Crippen LogP contribution in [0.4, 0.5) is 0 Å². The van der Waals surface area contributed by atoms with Crippen molar-refractivity contribution in [1.29, 1.82) is 5.26 Å². The fraction of sp³-hybridized carbons (Fsp3) is 0.323. The lowest BCUT2D eigenvalue weighted by molar-refractivity contribution is 0.0286. The molecule has 5 rings (SSSR count). The Morgan fingerprint density at radius 2 is 1.77 bits per heavy atom. The Morgan fingerprint density at radius 3 is 2.46 bits per heavy atom. The molecule has 8 heteroatoms. The molecule has 8 nitrogen and oxygen atoms in total. The van der Waals surface area contributed by atoms with E-state index in [0.29, 0.717) is 33.7 Å². The van der Waals surface area contributed by atoms with Crippen LogP contribution in [0.15, 0.2) is 65.2 Å². The molecule has 2 N–H and O–H groups in total. The second-order valence-corrected chi connectivity index (χ2v) is 10.4. The molecule has 0 bridgehead atoms. The molecule has 39 heavy (non-hydrogen) atoms. The topological polar surface area (TPSA) is 120 Å². The Balaban J connectivity index is 1.40. The molecule has 4 aromatic rings. The van der Waals surface area contributed by atoms with Crippen molar-refractivity contribution in [3.8, 4) is 34.3 Å². The number of hydrogen-bond acceptors (Lipinski definition) is 7. The SMILES string of the molecule is CC(CO)(CO)COc1ccc(-c2ccnc3cc(-c4ccc(C(=O)N5CCCCC5)cc4)oc23)cc1C#N. The molecule has 3 heterocycles. The Bertz CT molecular complexity index is 1510. The Hall–Kier alpha value is -4.19. The molecule has 1 aliphatic heterocycles. The van der Waals surface area contributed by atoms with Gasteiger partial charge in [-0.1, -0.05) is 25.1 Å². The lowest BCUT2D eigenvalue weighted by Gasteiger charge is -2.26. The number of amides is 1. The average molecular weight is 526 g/mol. The van der Waals surface area contributed by atoms with E-state index in [1.54, 1.807) is 25.3 Å². The molecule has 200 valence electrons. The zero-order chi connectivity index (χ0) is 27.4. The van der Waals surface area contributed by atoms with Gasteiger partial charge in [-0.25, -0.2) is 0 Å². The second-order valence-electron chi connectivity index (χ2n) is 10.4. The zero-order valence-electron chi connectivity index (χ0n) is 21.9. The van der Waals surface area contributed by atoms with Gasteiger partial charge in [0.1, 0.15) is 23.1 Å². The summed E-state index contributed by atoms with van der Waals surface area (Å²) in [6.07, 6.45) is 4.98. The summed E-state index contributed by atoms with van der Waals surface area (Å²) in [7, 11) is 0. The van der Waals surface area contributed by atoms with Gasteiger partial charge in [-0.15, -0.1) is 0 Å². The van der Waals surface area contributed by atoms with Crippen molar-refractivity contribution in [2.45, 2.75) is 26.2 Å². The van der Waals surface area contributed by atoms with Crippen LogP contribution < -0.4 is 4.74 Å². The maximum Gasteiger partial charge on any atom is 0.253 e. The van der Waals surface area contributed by atoms with E-state index in [1.807, 2.05) is 47.4 Å². The Kier molecular flexibility index (Phi) is 7.64. The van der Waals surface area contributed by atoms with E-state index in [2.05, 4.69) is 11.1 Å². The van der Waals surface area contributed by atoms with Crippen LogP contribution in [0.5, 0.6) is 5.75 Å². The Labute approximate surface area is 227 Å². The lowest BCUT2D eigenvalue weighted by atomic mass is 9.94. The largest absolute Gasteiger partial charge is 0.491 e. The minimum absolute atomic E-state index is 0.0629. The number of fused-ring (bicyclic) bond motifs is 1. The summed E-state index contributed by atoms with van der Waals surface area (Å²) in [5.74, 6) is 1.07. The van der Waals surface area contributed by atoms with Gasteiger partial charge >= 0.3 is 0 Å². The fourth-order valence-electron chi connectivity index (χ4n) is 4.67. The van der Waals surface area contributed by atoms with Gasteiger partial charge in [0.2, 0.25) is 0 Å². The van der Waals surface area contributed by atoms with Gasteiger partial charge < -0.3 is 24.3 Å². The third-order valence-corrected chi connectivity index (χ3v) is 7.22. The maximum atomic E-state index is 12.8. The highest BCUT2D eigenvalue weighted by atomic mass is 16.5. The number of ether oxygens (including phenoxy) is 1. The summed E-state index contributed by atoms with van der Waals surface area (Å²) < 4.78 is 12.0. The van der Waals surface area contributed by atoms with Gasteiger partial charge in [0, 0.05) is 47.5 Å². The van der Waals surface area contributed by atoms with Crippen molar-refractivity contribution in [1.82, 2.24) is 9.88 Å². The molecule has 1 aliphatic rings. The second kappa shape index (κ2) is 11.3. The van der Waals surface area contributed by atoms with E-state index in [0.717, 1.165) is 42.6 Å². The van der Waals surface area contributed by atoms with Crippen LogP contribution in [0.25, 0.3) is 33.6 Å². The number of rotatable bonds is 8. The first-order chi connectivity index (χ1) is 18.9. The van der Waals surface area contributed by atoms with Crippen molar-refractivity contribution in [2.24, 2.45) is 5.41 Å². The normalized spacial score (nSPS) is 13.8. The first-order valence-electron chi connectivity index (χ1n) is 13.1. The van der Waals surface area contributed by atoms with Crippen LogP contribution in [-0.4, -0.2) is 58.9 Å². The summed E-state index contributed by atoms with van der Waals surface area (Å²) in [4.78, 5) is 19.2. The third-order valence-electron chi connectivity index (χ3n) is 7.22. The van der Waals surface area contributed by atoms with Gasteiger partial charge in [0.05, 0.1) is 25.4 Å². The smallest absolute Gasteiger partial charge is 0.253 e. The van der Waals surface area contributed by atoms with Crippen LogP contribution in [0, 0.1) is 16.7 Å². The molecular formula is C31H31N3O5. The van der Waals surface area contributed by atoms with Gasteiger partial charge in [-0.3, -0.25) is 9.78 Å². The van der Waals surface area contributed by atoms with Gasteiger partial charge in [0.25, 0.3) is 5.91 Å². The van der Waals surface area contributed by atoms with Crippen LogP contribution in [-0.2, 0) is 0 Å². The van der Waals surface area contributed by atoms with Gasteiger partial charge in [0.15, 0.2) is 5.58 Å². The van der Waals surface area contributed by atoms with Crippen LogP contribution in [0.2, 0.25) is 0 Å². The van der Waals surface area contributed by atoms with E-state index in [1.165, 1.54) is 6.42 Å². The van der Waals surface area contributed by atoms with Crippen LogP contribution in [0.3, 0.4) is 0 Å². The number of aliphatic hydroxyl groups excluding tert-OH is 2. The standard InChI is InChI=1S/C31H31N3O5/c1-31(18-35,19-36)20-38-27-10-9-23(15-24(27)17-32)25-11-12-33-26-16-28(39-29(25)26)21-5-7-22(8-6-21)30(37)34-13-3-2-4-14-34/h5-12,15-16,35-36H,2-4,13-14,18-20H2,1H3. The summed E-state index contributed by atoms with van der Waals surface area (Å²) in [5, 5.41) is 28.8. The summed E-state index contributed by atoms with van der Waals surface area (Å²) in [6.45, 7) is 2.91. The van der Waals surface area contributed by atoms with Crippen molar-refractivity contribution < 1.29 is 24.2 Å². The number of pyridine rings is 1. The molecule has 1 fully saturated rings. The highest BCUT2D eigenvalue weighted by Crippen LogP contribution is 2.35. The number of aromatic nitrogens is 1. The number of piperidine rings is 1. The van der Waals surface area contributed by atoms with Crippen molar-refractivity contribution in [3.05, 3.63) is 71.9 Å². The van der Waals surface area contributed by atoms with E-state index in [-0.39, 0.29) is 25.7 Å². The quantitative estimate of drug-likeness (QED) is 0.331. The first-order valence-corrected chi connectivity index (χ1v) is 13.1. The molecule has 2 aromatic heterocycles. The molecule has 0 atom stereocenters. The average Bonchev–Trinajstić information content (AvgIpc) is 3.44. The Morgan fingerprint density at radius 1 is 1.05 bits per heavy atom. The van der Waals surface area contributed by atoms with E-state index in [4.69, 9.17) is 9.15 Å². The predicted molar refractivity (Wildman–Crippen MR) is 147 cm³/mol. The van der Waals surface area contributed by atoms with Crippen molar-refractivity contribution in [2.75, 3.05) is 32.9 Å². The van der Waals surface area contributed by atoms with Crippen molar-refractivity contribution >= 4 is 17.0 Å². The van der Waals surface area contributed by atoms with Gasteiger partial charge in [-0.05, 0) is 55.2 Å². The minimum Gasteiger partial charge on any atom is -0.491 e. The van der Waals surface area contributed by atoms with Crippen LogP contribution >= 0.6 is 0 Å². The number of aliphatic hydroxyl groups is 2. The lowest BCUT2D eigenvalue weighted by Crippen LogP contribution is -2.35. The maximum absolute atomic E-state index is 12.8. The molecule has 0 radical (unpaired) electrons. The van der Waals surface area contributed by atoms with E-state index >= 15 is 0 Å². The molecule has 0 aliphatic carbocycles. The fourth-order valence-corrected chi connectivity index (χ4v) is 4.67. The zero-order valence-corrected chi connectivity index (χ0v) is 21.9. The van der Waals surface area contributed by atoms with E-state index < -0.39 is 5.41 Å². The molecule has 2 aromatic carbocycles. The molecular weight excluding hydrogens is 494 g/mol. The molecule has 0 saturated carbocycles. The monoisotopic (exact) mass is 525 g/mol. The number of hydrogen-bond donors (Lipinski definition) is 2. The van der Waals surface area contributed by atoms with E-state index in [9.17, 15) is 20.3 Å². The molecule has 1 saturated heterocycles. The van der Waals surface area contributed by atoms with Crippen LogP contribution in [0.1, 0.15) is 42.1 Å². The van der Waals surface area contributed by atoms with Crippen molar-refractivity contribution in [3.63, 3.8) is 0 Å². The number of carbonyl (C=O) groups excluding carboxylic acids is 1. The predicted octanol–water partition coefficient (Wildman–Crippen LogP) is 5.03. The summed E-state index contributed by atoms with van der Waals surface area (Å²) >= 11 is 0. The minimum atomic E-state index is -0.813. The molecule has 0 unspecified atom stereocenters. The number of carbonyl (C=O) groups is 1. The number of benzene rings is 2. The summed E-state index contributed by atoms with van der Waals surface area (Å²) in [6, 6.07) is 18.6. The third kappa shape index (κ3) is 5.51. The number of likely N-dealkylation sites (tertiary alicyclic amines) is 1. The highest BCUT2D eigenvalue weighted by Gasteiger charge is 2.24. The summed E-state index contributed by atoms with van der Waals surface area (Å²) in [5.41, 5.74) is 3.83. The first kappa shape index (κ1) is 26.4. The molecule has 1 amide bonds. The number of nitriles is 1. The van der Waals surface area contributed by atoms with Gasteiger partial charge in [-0.2, -0.15) is 5.26 Å². The molecule has 0 spiro atoms.